The first-order chi connectivity index (χ1) is 13.0. The fourth-order valence-electron chi connectivity index (χ4n) is 2.49. The molecule has 0 unspecified atom stereocenters. The third-order valence-corrected chi connectivity index (χ3v) is 4.25. The molecule has 3 aromatic rings. The minimum Gasteiger partial charge on any atom is -0.504 e. The molecule has 0 aliphatic carbocycles. The summed E-state index contributed by atoms with van der Waals surface area (Å²) in [5.74, 6) is 2.19. The summed E-state index contributed by atoms with van der Waals surface area (Å²) in [4.78, 5) is 8.60. The van der Waals surface area contributed by atoms with Crippen molar-refractivity contribution in [2.45, 2.75) is 6.92 Å². The number of rotatable bonds is 6. The van der Waals surface area contributed by atoms with Crippen molar-refractivity contribution in [3.63, 3.8) is 0 Å². The molecule has 0 spiro atoms. The number of aryl methyl sites for hydroxylation is 1. The number of ether oxygens (including phenoxy) is 3. The molecule has 140 valence electrons. The molecule has 1 heterocycles. The van der Waals surface area contributed by atoms with Gasteiger partial charge in [0.2, 0.25) is 11.8 Å². The minimum absolute atomic E-state index is 0.0213. The summed E-state index contributed by atoms with van der Waals surface area (Å²) >= 11 is 3.36. The van der Waals surface area contributed by atoms with Gasteiger partial charge in [-0.05, 0) is 46.6 Å². The summed E-state index contributed by atoms with van der Waals surface area (Å²) < 4.78 is 17.0. The lowest BCUT2D eigenvalue weighted by molar-refractivity contribution is 0.353. The molecule has 0 amide bonds. The SMILES string of the molecule is COc1cc(Nc2ncc(Br)c(Oc3ccccc3O)n2)cc(C)c1OC. The Kier molecular flexibility index (Phi) is 5.66. The van der Waals surface area contributed by atoms with Crippen molar-refractivity contribution in [3.8, 4) is 28.9 Å². The highest BCUT2D eigenvalue weighted by atomic mass is 79.9. The van der Waals surface area contributed by atoms with Crippen molar-refractivity contribution in [2.24, 2.45) is 0 Å². The molecule has 27 heavy (non-hydrogen) atoms. The Morgan fingerprint density at radius 1 is 1.07 bits per heavy atom. The average Bonchev–Trinajstić information content (AvgIpc) is 2.65. The van der Waals surface area contributed by atoms with Gasteiger partial charge in [0.05, 0.1) is 24.9 Å². The quantitative estimate of drug-likeness (QED) is 0.579. The van der Waals surface area contributed by atoms with Gasteiger partial charge in [-0.2, -0.15) is 4.98 Å². The van der Waals surface area contributed by atoms with Crippen molar-refractivity contribution in [3.05, 3.63) is 52.6 Å². The summed E-state index contributed by atoms with van der Waals surface area (Å²) in [7, 11) is 3.17. The van der Waals surface area contributed by atoms with E-state index in [9.17, 15) is 5.11 Å². The van der Waals surface area contributed by atoms with Crippen LogP contribution in [0.2, 0.25) is 0 Å². The fourth-order valence-corrected chi connectivity index (χ4v) is 2.76. The van der Waals surface area contributed by atoms with Crippen molar-refractivity contribution >= 4 is 27.6 Å². The third kappa shape index (κ3) is 4.22. The molecule has 8 heteroatoms. The first-order valence-electron chi connectivity index (χ1n) is 8.00. The Morgan fingerprint density at radius 2 is 1.85 bits per heavy atom. The molecule has 0 bridgehead atoms. The topological polar surface area (TPSA) is 85.7 Å². The van der Waals surface area contributed by atoms with E-state index < -0.39 is 0 Å². The van der Waals surface area contributed by atoms with Crippen LogP contribution in [0.3, 0.4) is 0 Å². The zero-order valence-corrected chi connectivity index (χ0v) is 16.6. The average molecular weight is 432 g/mol. The maximum Gasteiger partial charge on any atom is 0.238 e. The standard InChI is InChI=1S/C19H18BrN3O4/c1-11-8-12(9-16(25-2)17(11)26-3)22-19-21-10-13(20)18(23-19)27-15-7-5-4-6-14(15)24/h4-10,24H,1-3H3,(H,21,22,23). The molecule has 0 radical (unpaired) electrons. The first-order valence-corrected chi connectivity index (χ1v) is 8.79. The smallest absolute Gasteiger partial charge is 0.238 e. The summed E-state index contributed by atoms with van der Waals surface area (Å²) in [6, 6.07) is 10.3. The molecular formula is C19H18BrN3O4. The van der Waals surface area contributed by atoms with E-state index in [4.69, 9.17) is 14.2 Å². The number of aromatic hydroxyl groups is 1. The lowest BCUT2D eigenvalue weighted by Crippen LogP contribution is -2.01. The van der Waals surface area contributed by atoms with Gasteiger partial charge >= 0.3 is 0 Å². The van der Waals surface area contributed by atoms with Crippen LogP contribution in [0.1, 0.15) is 5.56 Å². The highest BCUT2D eigenvalue weighted by Gasteiger charge is 2.13. The third-order valence-electron chi connectivity index (χ3n) is 3.70. The van der Waals surface area contributed by atoms with Gasteiger partial charge in [0.15, 0.2) is 23.0 Å². The number of methoxy groups -OCH3 is 2. The Hall–Kier alpha value is -3.00. The van der Waals surface area contributed by atoms with E-state index in [1.807, 2.05) is 13.0 Å². The molecule has 0 aliphatic rings. The predicted molar refractivity (Wildman–Crippen MR) is 105 cm³/mol. The van der Waals surface area contributed by atoms with Crippen LogP contribution in [-0.2, 0) is 0 Å². The molecule has 7 nitrogen and oxygen atoms in total. The van der Waals surface area contributed by atoms with Crippen LogP contribution in [0.5, 0.6) is 28.9 Å². The number of benzene rings is 2. The molecule has 3 rings (SSSR count). The van der Waals surface area contributed by atoms with Crippen LogP contribution in [-0.4, -0.2) is 29.3 Å². The Morgan fingerprint density at radius 3 is 2.56 bits per heavy atom. The minimum atomic E-state index is 0.0213. The van der Waals surface area contributed by atoms with Gasteiger partial charge in [-0.1, -0.05) is 12.1 Å². The van der Waals surface area contributed by atoms with E-state index in [0.717, 1.165) is 11.3 Å². The number of aromatic nitrogens is 2. The second kappa shape index (κ2) is 8.13. The van der Waals surface area contributed by atoms with E-state index in [1.54, 1.807) is 44.7 Å². The van der Waals surface area contributed by atoms with Crippen molar-refractivity contribution < 1.29 is 19.3 Å². The molecule has 0 saturated heterocycles. The summed E-state index contributed by atoms with van der Waals surface area (Å²) in [6.45, 7) is 1.92. The number of hydrogen-bond acceptors (Lipinski definition) is 7. The summed E-state index contributed by atoms with van der Waals surface area (Å²) in [6.07, 6.45) is 1.57. The molecule has 0 saturated carbocycles. The Bertz CT molecular complexity index is 966. The normalized spacial score (nSPS) is 10.4. The Balaban J connectivity index is 1.88. The van der Waals surface area contributed by atoms with E-state index in [0.29, 0.717) is 27.7 Å². The zero-order valence-electron chi connectivity index (χ0n) is 15.0. The van der Waals surface area contributed by atoms with Crippen LogP contribution in [0.4, 0.5) is 11.6 Å². The van der Waals surface area contributed by atoms with Gasteiger partial charge in [0.25, 0.3) is 0 Å². The van der Waals surface area contributed by atoms with Crippen LogP contribution in [0, 0.1) is 6.92 Å². The molecule has 2 aromatic carbocycles. The number of hydrogen-bond donors (Lipinski definition) is 2. The number of anilines is 2. The maximum absolute atomic E-state index is 9.88. The number of nitrogens with zero attached hydrogens (tertiary/aromatic N) is 2. The lowest BCUT2D eigenvalue weighted by Gasteiger charge is -2.14. The van der Waals surface area contributed by atoms with E-state index >= 15 is 0 Å². The van der Waals surface area contributed by atoms with Crippen LogP contribution >= 0.6 is 15.9 Å². The van der Waals surface area contributed by atoms with E-state index in [-0.39, 0.29) is 11.6 Å². The molecule has 0 atom stereocenters. The molecular weight excluding hydrogens is 414 g/mol. The number of para-hydroxylation sites is 2. The maximum atomic E-state index is 9.88. The van der Waals surface area contributed by atoms with Crippen molar-refractivity contribution in [2.75, 3.05) is 19.5 Å². The molecule has 2 N–H and O–H groups in total. The molecule has 1 aromatic heterocycles. The van der Waals surface area contributed by atoms with Crippen LogP contribution in [0.25, 0.3) is 0 Å². The molecule has 0 aliphatic heterocycles. The molecule has 0 fully saturated rings. The number of nitrogens with one attached hydrogen (secondary N) is 1. The summed E-state index contributed by atoms with van der Waals surface area (Å²) in [5, 5.41) is 13.0. The van der Waals surface area contributed by atoms with Crippen LogP contribution in [0.15, 0.2) is 47.1 Å². The Labute approximate surface area is 165 Å². The van der Waals surface area contributed by atoms with Gasteiger partial charge in [0.1, 0.15) is 0 Å². The van der Waals surface area contributed by atoms with E-state index in [2.05, 4.69) is 31.2 Å². The monoisotopic (exact) mass is 431 g/mol. The van der Waals surface area contributed by atoms with Gasteiger partial charge in [-0.15, -0.1) is 0 Å². The fraction of sp³-hybridized carbons (Fsp3) is 0.158. The number of phenolic OH excluding ortho intramolecular Hbond substituents is 1. The highest BCUT2D eigenvalue weighted by molar-refractivity contribution is 9.10. The lowest BCUT2D eigenvalue weighted by atomic mass is 10.2. The van der Waals surface area contributed by atoms with Gasteiger partial charge in [-0.25, -0.2) is 4.98 Å². The van der Waals surface area contributed by atoms with Gasteiger partial charge in [0, 0.05) is 11.8 Å². The van der Waals surface area contributed by atoms with E-state index in [1.165, 1.54) is 6.07 Å². The van der Waals surface area contributed by atoms with Gasteiger partial charge < -0.3 is 24.6 Å². The first kappa shape index (κ1) is 18.8. The second-order valence-electron chi connectivity index (χ2n) is 5.57. The number of phenols is 1. The predicted octanol–water partition coefficient (Wildman–Crippen LogP) is 4.81. The zero-order chi connectivity index (χ0) is 19.4. The van der Waals surface area contributed by atoms with Crippen molar-refractivity contribution in [1.82, 2.24) is 9.97 Å². The number of halogens is 1. The van der Waals surface area contributed by atoms with Gasteiger partial charge in [-0.3, -0.25) is 0 Å². The largest absolute Gasteiger partial charge is 0.504 e. The van der Waals surface area contributed by atoms with Crippen LogP contribution < -0.4 is 19.5 Å². The second-order valence-corrected chi connectivity index (χ2v) is 6.42. The highest BCUT2D eigenvalue weighted by Crippen LogP contribution is 2.36. The van der Waals surface area contributed by atoms with Crippen molar-refractivity contribution in [1.29, 1.82) is 0 Å². The summed E-state index contributed by atoms with van der Waals surface area (Å²) in [5.41, 5.74) is 1.64.